The molecule has 0 saturated heterocycles. The monoisotopic (exact) mass is 326 g/mol. The van der Waals surface area contributed by atoms with E-state index in [1.165, 1.54) is 23.7 Å². The average molecular weight is 326 g/mol. The second kappa shape index (κ2) is 6.50. The molecule has 2 N–H and O–H groups in total. The predicted molar refractivity (Wildman–Crippen MR) is 83.9 cm³/mol. The first-order valence-corrected chi connectivity index (χ1v) is 8.86. The predicted octanol–water partition coefficient (Wildman–Crippen LogP) is 2.15. The minimum atomic E-state index is -3.68. The van der Waals surface area contributed by atoms with Crippen molar-refractivity contribution in [2.24, 2.45) is 0 Å². The van der Waals surface area contributed by atoms with Gasteiger partial charge in [0.05, 0.1) is 0 Å². The van der Waals surface area contributed by atoms with Crippen LogP contribution >= 0.6 is 11.3 Å². The molecule has 0 saturated carbocycles. The molecule has 0 radical (unpaired) electrons. The summed E-state index contributed by atoms with van der Waals surface area (Å²) in [6.07, 6.45) is 2.99. The van der Waals surface area contributed by atoms with E-state index < -0.39 is 10.0 Å². The molecule has 0 bridgehead atoms. The van der Waals surface area contributed by atoms with Crippen molar-refractivity contribution in [1.82, 2.24) is 15.3 Å². The SMILES string of the molecule is Cc1csc(CNC(C)C)c1S(=O)(=O)Nc1ncccn1. The molecule has 0 atom stereocenters. The van der Waals surface area contributed by atoms with Crippen LogP contribution in [0.25, 0.3) is 0 Å². The fourth-order valence-electron chi connectivity index (χ4n) is 1.79. The fourth-order valence-corrected chi connectivity index (χ4v) is 4.51. The van der Waals surface area contributed by atoms with E-state index in [9.17, 15) is 8.42 Å². The van der Waals surface area contributed by atoms with Gasteiger partial charge in [-0.2, -0.15) is 0 Å². The Morgan fingerprint density at radius 1 is 1.29 bits per heavy atom. The number of hydrogen-bond donors (Lipinski definition) is 2. The summed E-state index contributed by atoms with van der Waals surface area (Å²) in [5, 5.41) is 5.08. The highest BCUT2D eigenvalue weighted by molar-refractivity contribution is 7.93. The van der Waals surface area contributed by atoms with Crippen molar-refractivity contribution in [2.45, 2.75) is 38.3 Å². The average Bonchev–Trinajstić information content (AvgIpc) is 2.79. The summed E-state index contributed by atoms with van der Waals surface area (Å²) in [6.45, 7) is 6.34. The number of aryl methyl sites for hydroxylation is 1. The molecule has 2 aromatic rings. The molecule has 0 spiro atoms. The van der Waals surface area contributed by atoms with Gasteiger partial charge in [0.2, 0.25) is 5.95 Å². The van der Waals surface area contributed by atoms with Gasteiger partial charge in [-0.15, -0.1) is 11.3 Å². The van der Waals surface area contributed by atoms with Crippen molar-refractivity contribution < 1.29 is 8.42 Å². The van der Waals surface area contributed by atoms with Crippen molar-refractivity contribution in [1.29, 1.82) is 0 Å². The van der Waals surface area contributed by atoms with E-state index in [0.29, 0.717) is 11.4 Å². The lowest BCUT2D eigenvalue weighted by molar-refractivity contribution is 0.581. The summed E-state index contributed by atoms with van der Waals surface area (Å²) in [5.74, 6) is 0.0749. The quantitative estimate of drug-likeness (QED) is 0.850. The van der Waals surface area contributed by atoms with Crippen molar-refractivity contribution >= 4 is 27.3 Å². The Balaban J connectivity index is 2.29. The summed E-state index contributed by atoms with van der Waals surface area (Å²) in [4.78, 5) is 8.88. The third-order valence-corrected chi connectivity index (χ3v) is 5.51. The molecule has 2 aromatic heterocycles. The summed E-state index contributed by atoms with van der Waals surface area (Å²) in [7, 11) is -3.68. The maximum Gasteiger partial charge on any atom is 0.265 e. The van der Waals surface area contributed by atoms with Crippen LogP contribution in [0.15, 0.2) is 28.7 Å². The Morgan fingerprint density at radius 2 is 1.95 bits per heavy atom. The molecule has 0 fully saturated rings. The smallest absolute Gasteiger partial charge is 0.265 e. The van der Waals surface area contributed by atoms with Gasteiger partial charge >= 0.3 is 0 Å². The van der Waals surface area contributed by atoms with Crippen LogP contribution in [0.1, 0.15) is 24.3 Å². The number of hydrogen-bond acceptors (Lipinski definition) is 6. The van der Waals surface area contributed by atoms with E-state index in [1.54, 1.807) is 13.0 Å². The van der Waals surface area contributed by atoms with Crippen molar-refractivity contribution in [2.75, 3.05) is 4.72 Å². The first kappa shape index (κ1) is 15.9. The van der Waals surface area contributed by atoms with Gasteiger partial charge in [-0.25, -0.2) is 23.1 Å². The Hall–Kier alpha value is -1.51. The lowest BCUT2D eigenvalue weighted by Gasteiger charge is -2.11. The first-order valence-electron chi connectivity index (χ1n) is 6.50. The maximum absolute atomic E-state index is 12.5. The van der Waals surface area contributed by atoms with Crippen LogP contribution in [0.4, 0.5) is 5.95 Å². The standard InChI is InChI=1S/C13H18N4O2S2/c1-9(2)16-7-11-12(10(3)8-20-11)21(18,19)17-13-14-5-4-6-15-13/h4-6,8-9,16H,7H2,1-3H3,(H,14,15,17). The Bertz CT molecular complexity index is 696. The zero-order chi connectivity index (χ0) is 15.5. The van der Waals surface area contributed by atoms with E-state index >= 15 is 0 Å². The van der Waals surface area contributed by atoms with Gasteiger partial charge < -0.3 is 5.32 Å². The molecule has 0 amide bonds. The lowest BCUT2D eigenvalue weighted by Crippen LogP contribution is -2.23. The van der Waals surface area contributed by atoms with Gasteiger partial charge in [-0.05, 0) is 23.9 Å². The van der Waals surface area contributed by atoms with Gasteiger partial charge in [0, 0.05) is 29.9 Å². The molecule has 0 aromatic carbocycles. The minimum Gasteiger partial charge on any atom is -0.310 e. The molecular formula is C13H18N4O2S2. The van der Waals surface area contributed by atoms with E-state index in [2.05, 4.69) is 20.0 Å². The highest BCUT2D eigenvalue weighted by Gasteiger charge is 2.23. The van der Waals surface area contributed by atoms with Gasteiger partial charge in [-0.1, -0.05) is 13.8 Å². The molecule has 114 valence electrons. The summed E-state index contributed by atoms with van der Waals surface area (Å²) < 4.78 is 27.5. The number of anilines is 1. The molecule has 0 aliphatic heterocycles. The fraction of sp³-hybridized carbons (Fsp3) is 0.385. The van der Waals surface area contributed by atoms with Crippen LogP contribution in [0, 0.1) is 6.92 Å². The molecule has 2 rings (SSSR count). The molecule has 8 heteroatoms. The molecule has 2 heterocycles. The zero-order valence-electron chi connectivity index (χ0n) is 12.1. The first-order chi connectivity index (χ1) is 9.90. The van der Waals surface area contributed by atoms with Crippen LogP contribution in [-0.4, -0.2) is 24.4 Å². The second-order valence-corrected chi connectivity index (χ2v) is 7.47. The van der Waals surface area contributed by atoms with Gasteiger partial charge in [0.1, 0.15) is 4.90 Å². The Morgan fingerprint density at radius 3 is 2.57 bits per heavy atom. The van der Waals surface area contributed by atoms with Gasteiger partial charge in [0.15, 0.2) is 0 Å². The topological polar surface area (TPSA) is 84.0 Å². The largest absolute Gasteiger partial charge is 0.310 e. The molecule has 0 aliphatic carbocycles. The molecule has 0 aliphatic rings. The van der Waals surface area contributed by atoms with Crippen LogP contribution in [-0.2, 0) is 16.6 Å². The third kappa shape index (κ3) is 3.99. The van der Waals surface area contributed by atoms with Crippen LogP contribution in [0.5, 0.6) is 0 Å². The maximum atomic E-state index is 12.5. The van der Waals surface area contributed by atoms with Crippen molar-refractivity contribution in [3.8, 4) is 0 Å². The zero-order valence-corrected chi connectivity index (χ0v) is 13.8. The second-order valence-electron chi connectivity index (χ2n) is 4.88. The van der Waals surface area contributed by atoms with E-state index in [4.69, 9.17) is 0 Å². The Kier molecular flexibility index (Phi) is 4.92. The Labute approximate surface area is 128 Å². The van der Waals surface area contributed by atoms with E-state index in [0.717, 1.165) is 10.4 Å². The third-order valence-electron chi connectivity index (χ3n) is 2.72. The van der Waals surface area contributed by atoms with Crippen LogP contribution < -0.4 is 10.0 Å². The number of nitrogens with zero attached hydrogens (tertiary/aromatic N) is 2. The number of thiophene rings is 1. The summed E-state index contributed by atoms with van der Waals surface area (Å²) >= 11 is 1.43. The van der Waals surface area contributed by atoms with Crippen LogP contribution in [0.3, 0.4) is 0 Å². The van der Waals surface area contributed by atoms with Gasteiger partial charge in [-0.3, -0.25) is 0 Å². The van der Waals surface area contributed by atoms with E-state index in [-0.39, 0.29) is 12.0 Å². The highest BCUT2D eigenvalue weighted by Crippen LogP contribution is 2.28. The van der Waals surface area contributed by atoms with Crippen molar-refractivity contribution in [3.05, 3.63) is 34.3 Å². The van der Waals surface area contributed by atoms with Crippen molar-refractivity contribution in [3.63, 3.8) is 0 Å². The normalized spacial score (nSPS) is 11.8. The van der Waals surface area contributed by atoms with Crippen LogP contribution in [0.2, 0.25) is 0 Å². The minimum absolute atomic E-state index is 0.0749. The molecule has 6 nitrogen and oxygen atoms in total. The lowest BCUT2D eigenvalue weighted by atomic mass is 10.3. The number of sulfonamides is 1. The number of aromatic nitrogens is 2. The summed E-state index contributed by atoms with van der Waals surface area (Å²) in [6, 6.07) is 1.92. The molecule has 21 heavy (non-hydrogen) atoms. The van der Waals surface area contributed by atoms with Gasteiger partial charge in [0.25, 0.3) is 10.0 Å². The highest BCUT2D eigenvalue weighted by atomic mass is 32.2. The molecule has 0 unspecified atom stereocenters. The van der Waals surface area contributed by atoms with E-state index in [1.807, 2.05) is 19.2 Å². The summed E-state index contributed by atoms with van der Waals surface area (Å²) in [5.41, 5.74) is 0.726. The number of nitrogens with one attached hydrogen (secondary N) is 2. The molecular weight excluding hydrogens is 308 g/mol. The number of rotatable bonds is 6.